The Hall–Kier alpha value is -4.23. The molecule has 0 saturated carbocycles. The molecule has 0 spiro atoms. The third kappa shape index (κ3) is 5.76. The minimum absolute atomic E-state index is 0.0655. The van der Waals surface area contributed by atoms with Crippen LogP contribution in [0, 0.1) is 11.8 Å². The molecule has 1 saturated heterocycles. The molecule has 1 fully saturated rings. The van der Waals surface area contributed by atoms with E-state index in [4.69, 9.17) is 28.1 Å². The Morgan fingerprint density at radius 3 is 2.17 bits per heavy atom. The zero-order valence-electron chi connectivity index (χ0n) is 29.1. The largest absolute Gasteiger partial charge is 0.539 e. The first-order valence-corrected chi connectivity index (χ1v) is 19.1. The molecule has 4 aliphatic rings. The fourth-order valence-electron chi connectivity index (χ4n) is 6.63. The first kappa shape index (κ1) is 33.7. The molecule has 1 N–H and O–H groups in total. The molecule has 48 heavy (non-hydrogen) atoms. The average Bonchev–Trinajstić information content (AvgIpc) is 3.71. The van der Waals surface area contributed by atoms with Gasteiger partial charge in [-0.3, -0.25) is 19.3 Å². The van der Waals surface area contributed by atoms with Crippen molar-refractivity contribution in [3.8, 4) is 28.7 Å². The Kier molecular flexibility index (Phi) is 8.65. The number of carbonyl (C=O) groups is 3. The van der Waals surface area contributed by atoms with Gasteiger partial charge >= 0.3 is 5.97 Å². The van der Waals surface area contributed by atoms with Crippen LogP contribution in [0.15, 0.2) is 36.0 Å². The number of cyclic esters (lactones) is 1. The summed E-state index contributed by atoms with van der Waals surface area (Å²) in [5.41, 5.74) is 2.58. The van der Waals surface area contributed by atoms with Crippen LogP contribution in [-0.4, -0.2) is 90.7 Å². The maximum absolute atomic E-state index is 13.7. The number of nitrogens with one attached hydrogen (secondary N) is 1. The summed E-state index contributed by atoms with van der Waals surface area (Å²) < 4.78 is 35.9. The van der Waals surface area contributed by atoms with Crippen LogP contribution >= 0.6 is 0 Å². The van der Waals surface area contributed by atoms with E-state index in [1.807, 2.05) is 43.3 Å². The number of imide groups is 1. The number of benzene rings is 2. The molecular formula is C35H45N3O9Si. The van der Waals surface area contributed by atoms with Crippen molar-refractivity contribution >= 4 is 26.1 Å². The maximum atomic E-state index is 13.7. The van der Waals surface area contributed by atoms with Crippen molar-refractivity contribution in [1.29, 1.82) is 0 Å². The second kappa shape index (κ2) is 12.3. The molecule has 0 radical (unpaired) electrons. The number of carbonyl (C=O) groups excluding carboxylic acids is 3. The van der Waals surface area contributed by atoms with Crippen molar-refractivity contribution in [3.63, 3.8) is 0 Å². The Bertz CT molecular complexity index is 1660. The van der Waals surface area contributed by atoms with Gasteiger partial charge in [0.15, 0.2) is 28.7 Å². The van der Waals surface area contributed by atoms with E-state index in [9.17, 15) is 14.4 Å². The van der Waals surface area contributed by atoms with Gasteiger partial charge in [0.25, 0.3) is 20.1 Å². The monoisotopic (exact) mass is 679 g/mol. The van der Waals surface area contributed by atoms with Crippen LogP contribution < -0.4 is 28.7 Å². The second-order valence-electron chi connectivity index (χ2n) is 14.5. The van der Waals surface area contributed by atoms with E-state index in [0.29, 0.717) is 35.3 Å². The normalized spacial score (nSPS) is 23.2. The van der Waals surface area contributed by atoms with E-state index in [1.165, 1.54) is 11.0 Å². The van der Waals surface area contributed by atoms with Gasteiger partial charge in [-0.15, -0.1) is 0 Å². The van der Waals surface area contributed by atoms with E-state index >= 15 is 0 Å². The molecular weight excluding hydrogens is 634 g/mol. The second-order valence-corrected chi connectivity index (χ2v) is 19.3. The lowest BCUT2D eigenvalue weighted by Crippen LogP contribution is -2.44. The zero-order chi connectivity index (χ0) is 34.7. The first-order valence-electron chi connectivity index (χ1n) is 16.2. The predicted molar refractivity (Wildman–Crippen MR) is 179 cm³/mol. The predicted octanol–water partition coefficient (Wildman–Crippen LogP) is 4.20. The quantitative estimate of drug-likeness (QED) is 0.221. The molecule has 4 atom stereocenters. The number of esters is 1. The Morgan fingerprint density at radius 1 is 0.958 bits per heavy atom. The highest BCUT2D eigenvalue weighted by Crippen LogP contribution is 2.56. The highest BCUT2D eigenvalue weighted by molar-refractivity contribution is 6.74. The fourth-order valence-corrected chi connectivity index (χ4v) is 7.65. The Labute approximate surface area is 282 Å². The molecule has 13 heteroatoms. The van der Waals surface area contributed by atoms with E-state index in [-0.39, 0.29) is 48.5 Å². The van der Waals surface area contributed by atoms with Crippen LogP contribution in [0.25, 0.3) is 0 Å². The highest BCUT2D eigenvalue weighted by atomic mass is 28.4. The number of methoxy groups -OCH3 is 2. The zero-order valence-corrected chi connectivity index (χ0v) is 30.1. The molecule has 6 rings (SSSR count). The minimum atomic E-state index is -2.29. The number of rotatable bonds is 10. The Morgan fingerprint density at radius 2 is 1.58 bits per heavy atom. The number of hydrogen-bond acceptors (Lipinski definition) is 11. The summed E-state index contributed by atoms with van der Waals surface area (Å²) in [5, 5.41) is 3.29. The standard InChI is InChI=1S/C35H45N3O9Si/c1-35(2,3)48(8,9)47-32-26(42-6)12-19(13-27(32)43-7)29-20-14-24-25(46-18-45-24)15-21(20)31(22-17-44-34(41)30(22)29)36-23-16-28(39)38(33(23)40)11-10-37(4)5/h12-16,22,29-31,36H,10-11,17-18H2,1-9H3/t22-,29+,30-,31+/m0/s1. The lowest BCUT2D eigenvalue weighted by molar-refractivity contribution is -0.141. The van der Waals surface area contributed by atoms with Gasteiger partial charge < -0.3 is 38.3 Å². The van der Waals surface area contributed by atoms with Crippen molar-refractivity contribution < 1.29 is 42.5 Å². The van der Waals surface area contributed by atoms with Crippen molar-refractivity contribution in [2.75, 3.05) is 54.8 Å². The van der Waals surface area contributed by atoms with Crippen LogP contribution in [0.5, 0.6) is 28.7 Å². The molecule has 3 aliphatic heterocycles. The van der Waals surface area contributed by atoms with Gasteiger partial charge in [0.05, 0.1) is 32.8 Å². The van der Waals surface area contributed by atoms with Crippen LogP contribution in [0.4, 0.5) is 0 Å². The van der Waals surface area contributed by atoms with Crippen molar-refractivity contribution in [3.05, 3.63) is 52.7 Å². The Balaban J connectivity index is 1.45. The summed E-state index contributed by atoms with van der Waals surface area (Å²) in [4.78, 5) is 43.1. The van der Waals surface area contributed by atoms with E-state index in [2.05, 4.69) is 39.2 Å². The van der Waals surface area contributed by atoms with Crippen molar-refractivity contribution in [1.82, 2.24) is 15.1 Å². The molecule has 3 heterocycles. The van der Waals surface area contributed by atoms with Gasteiger partial charge in [-0.1, -0.05) is 20.8 Å². The number of hydrogen-bond donors (Lipinski definition) is 1. The minimum Gasteiger partial charge on any atom is -0.539 e. The highest BCUT2D eigenvalue weighted by Gasteiger charge is 2.53. The number of nitrogens with zero attached hydrogens (tertiary/aromatic N) is 2. The van der Waals surface area contributed by atoms with E-state index in [0.717, 1.165) is 16.7 Å². The third-order valence-electron chi connectivity index (χ3n) is 10.3. The average molecular weight is 680 g/mol. The molecule has 2 aromatic carbocycles. The van der Waals surface area contributed by atoms with Crippen LogP contribution in [0.2, 0.25) is 18.1 Å². The van der Waals surface area contributed by atoms with Crippen LogP contribution in [-0.2, 0) is 19.1 Å². The fraction of sp³-hybridized carbons (Fsp3) is 0.514. The van der Waals surface area contributed by atoms with Crippen LogP contribution in [0.1, 0.15) is 49.4 Å². The van der Waals surface area contributed by atoms with Gasteiger partial charge in [0.1, 0.15) is 5.70 Å². The lowest BCUT2D eigenvalue weighted by Gasteiger charge is -2.40. The van der Waals surface area contributed by atoms with Gasteiger partial charge in [-0.2, -0.15) is 0 Å². The number of amides is 2. The van der Waals surface area contributed by atoms with Gasteiger partial charge in [-0.25, -0.2) is 0 Å². The first-order chi connectivity index (χ1) is 22.6. The molecule has 258 valence electrons. The van der Waals surface area contributed by atoms with E-state index < -0.39 is 32.1 Å². The summed E-state index contributed by atoms with van der Waals surface area (Å²) in [6.45, 7) is 11.8. The summed E-state index contributed by atoms with van der Waals surface area (Å²) in [7, 11) is 4.66. The topological polar surface area (TPSA) is 125 Å². The number of fused-ring (bicyclic) bond motifs is 3. The summed E-state index contributed by atoms with van der Waals surface area (Å²) in [6.07, 6.45) is 1.33. The molecule has 1 aliphatic carbocycles. The van der Waals surface area contributed by atoms with Crippen molar-refractivity contribution in [2.45, 2.75) is 50.9 Å². The molecule has 12 nitrogen and oxygen atoms in total. The molecule has 0 bridgehead atoms. The van der Waals surface area contributed by atoms with Crippen molar-refractivity contribution in [2.24, 2.45) is 11.8 Å². The SMILES string of the molecule is COc1cc([C@@H]2c3cc4c(cc3[C@@H](NC3=CC(=O)N(CCN(C)C)C3=O)[C@H]3COC(=O)[C@H]23)OCO4)cc(OC)c1O[Si](C)(C)C(C)(C)C. The van der Waals surface area contributed by atoms with Crippen LogP contribution in [0.3, 0.4) is 0 Å². The molecule has 0 aromatic heterocycles. The summed E-state index contributed by atoms with van der Waals surface area (Å²) in [5.74, 6) is 0.0153. The number of likely N-dealkylation sites (N-methyl/N-ethyl adjacent to an activating group) is 1. The molecule has 0 unspecified atom stereocenters. The summed E-state index contributed by atoms with van der Waals surface area (Å²) in [6, 6.07) is 7.08. The number of ether oxygens (including phenoxy) is 5. The van der Waals surface area contributed by atoms with Gasteiger partial charge in [0, 0.05) is 31.0 Å². The molecule has 2 amide bonds. The van der Waals surface area contributed by atoms with E-state index in [1.54, 1.807) is 14.2 Å². The third-order valence-corrected chi connectivity index (χ3v) is 14.6. The van der Waals surface area contributed by atoms with Gasteiger partial charge in [-0.05, 0) is 73.2 Å². The smallest absolute Gasteiger partial charge is 0.310 e. The lowest BCUT2D eigenvalue weighted by atomic mass is 9.65. The molecule has 2 aromatic rings. The van der Waals surface area contributed by atoms with Gasteiger partial charge in [0.2, 0.25) is 6.79 Å². The summed E-state index contributed by atoms with van der Waals surface area (Å²) >= 11 is 0. The maximum Gasteiger partial charge on any atom is 0.310 e.